The minimum Gasteiger partial charge on any atom is -0.444 e. The summed E-state index contributed by atoms with van der Waals surface area (Å²) in [5.74, 6) is 1.36. The Hall–Kier alpha value is -1.18. The summed E-state index contributed by atoms with van der Waals surface area (Å²) in [4.78, 5) is 1.93. The van der Waals surface area contributed by atoms with Crippen LogP contribution in [-0.2, 0) is 6.54 Å². The number of likely N-dealkylation sites (N-methyl/N-ethyl adjacent to an activating group) is 1. The highest BCUT2D eigenvalue weighted by Crippen LogP contribution is 2.24. The van der Waals surface area contributed by atoms with E-state index >= 15 is 0 Å². The van der Waals surface area contributed by atoms with Gasteiger partial charge in [-0.3, -0.25) is 4.90 Å². The maximum absolute atomic E-state index is 9.04. The number of halogens is 1. The number of aliphatic hydroxyl groups excluding tert-OH is 1. The van der Waals surface area contributed by atoms with E-state index in [4.69, 9.17) is 13.9 Å². The molecule has 0 aliphatic carbocycles. The highest BCUT2D eigenvalue weighted by Gasteiger charge is 2.15. The molecule has 0 amide bonds. The van der Waals surface area contributed by atoms with Crippen LogP contribution in [0.2, 0.25) is 0 Å². The van der Waals surface area contributed by atoms with Crippen LogP contribution in [0.3, 0.4) is 0 Å². The van der Waals surface area contributed by atoms with Crippen molar-refractivity contribution in [2.45, 2.75) is 19.5 Å². The predicted octanol–water partition coefficient (Wildman–Crippen LogP) is 1.90. The van der Waals surface area contributed by atoms with Gasteiger partial charge in [0.25, 0.3) is 5.89 Å². The van der Waals surface area contributed by atoms with Crippen LogP contribution in [0.25, 0.3) is 11.7 Å². The molecule has 0 aromatic carbocycles. The van der Waals surface area contributed by atoms with Crippen LogP contribution in [0.15, 0.2) is 25.6 Å². The quantitative estimate of drug-likeness (QED) is 0.908. The zero-order valence-electron chi connectivity index (χ0n) is 10.1. The van der Waals surface area contributed by atoms with Crippen molar-refractivity contribution in [2.24, 2.45) is 0 Å². The molecule has 6 nitrogen and oxygen atoms in total. The summed E-state index contributed by atoms with van der Waals surface area (Å²) in [7, 11) is 1.88. The molecule has 1 N–H and O–H groups in total. The van der Waals surface area contributed by atoms with Gasteiger partial charge in [-0.15, -0.1) is 10.2 Å². The summed E-state index contributed by atoms with van der Waals surface area (Å²) in [5, 5.41) is 16.9. The van der Waals surface area contributed by atoms with Crippen LogP contribution < -0.4 is 0 Å². The smallest absolute Gasteiger partial charge is 0.283 e. The van der Waals surface area contributed by atoms with E-state index in [1.165, 1.54) is 0 Å². The van der Waals surface area contributed by atoms with E-state index in [2.05, 4.69) is 26.1 Å². The van der Waals surface area contributed by atoms with Gasteiger partial charge < -0.3 is 13.9 Å². The number of hydrogen-bond donors (Lipinski definition) is 1. The first-order valence-electron chi connectivity index (χ1n) is 5.49. The molecule has 0 saturated carbocycles. The number of furan rings is 1. The van der Waals surface area contributed by atoms with E-state index < -0.39 is 0 Å². The molecule has 2 rings (SSSR count). The van der Waals surface area contributed by atoms with Gasteiger partial charge in [0, 0.05) is 6.04 Å². The Morgan fingerprint density at radius 2 is 2.17 bits per heavy atom. The second kappa shape index (κ2) is 5.64. The molecule has 0 bridgehead atoms. The van der Waals surface area contributed by atoms with E-state index in [1.807, 2.05) is 18.9 Å². The van der Waals surface area contributed by atoms with E-state index in [9.17, 15) is 0 Å². The van der Waals surface area contributed by atoms with Crippen molar-refractivity contribution in [3.8, 4) is 11.7 Å². The van der Waals surface area contributed by atoms with E-state index in [-0.39, 0.29) is 12.6 Å². The Kier molecular flexibility index (Phi) is 4.15. The zero-order chi connectivity index (χ0) is 13.1. The normalized spacial score (nSPS) is 13.2. The van der Waals surface area contributed by atoms with Crippen LogP contribution in [0, 0.1) is 0 Å². The molecule has 1 unspecified atom stereocenters. The number of rotatable bonds is 5. The largest absolute Gasteiger partial charge is 0.444 e. The third-order valence-corrected chi connectivity index (χ3v) is 3.08. The highest BCUT2D eigenvalue weighted by molar-refractivity contribution is 9.10. The van der Waals surface area contributed by atoms with Gasteiger partial charge in [0.05, 0.1) is 13.2 Å². The lowest BCUT2D eigenvalue weighted by atomic mass is 10.3. The lowest BCUT2D eigenvalue weighted by Crippen LogP contribution is -2.31. The topological polar surface area (TPSA) is 75.5 Å². The van der Waals surface area contributed by atoms with Crippen molar-refractivity contribution in [3.05, 3.63) is 22.7 Å². The maximum Gasteiger partial charge on any atom is 0.283 e. The first kappa shape index (κ1) is 13.3. The minimum absolute atomic E-state index is 0.0399. The second-order valence-electron chi connectivity index (χ2n) is 4.05. The van der Waals surface area contributed by atoms with Gasteiger partial charge in [0.15, 0.2) is 10.4 Å². The number of hydrogen-bond acceptors (Lipinski definition) is 6. The zero-order valence-corrected chi connectivity index (χ0v) is 11.7. The summed E-state index contributed by atoms with van der Waals surface area (Å²) >= 11 is 3.21. The molecule has 18 heavy (non-hydrogen) atoms. The molecule has 0 saturated heterocycles. The molecule has 2 heterocycles. The predicted molar refractivity (Wildman–Crippen MR) is 67.7 cm³/mol. The van der Waals surface area contributed by atoms with Gasteiger partial charge in [-0.05, 0) is 42.0 Å². The van der Waals surface area contributed by atoms with Crippen molar-refractivity contribution >= 4 is 15.9 Å². The molecule has 0 radical (unpaired) electrons. The summed E-state index contributed by atoms with van der Waals surface area (Å²) in [6.07, 6.45) is 0. The van der Waals surface area contributed by atoms with Crippen LogP contribution in [-0.4, -0.2) is 39.9 Å². The van der Waals surface area contributed by atoms with Crippen LogP contribution in [0.5, 0.6) is 0 Å². The monoisotopic (exact) mass is 315 g/mol. The molecular weight excluding hydrogens is 302 g/mol. The molecular formula is C11H14BrN3O3. The van der Waals surface area contributed by atoms with Crippen LogP contribution in [0.1, 0.15) is 12.8 Å². The van der Waals surface area contributed by atoms with Gasteiger partial charge in [-0.2, -0.15) is 0 Å². The third-order valence-electron chi connectivity index (χ3n) is 2.65. The average molecular weight is 316 g/mol. The molecule has 0 aliphatic rings. The fourth-order valence-corrected chi connectivity index (χ4v) is 1.66. The standard InChI is InChI=1S/C11H14BrN3O3/c1-7(6-16)15(2)5-10-13-14-11(18-10)8-3-4-9(12)17-8/h3-4,7,16H,5-6H2,1-2H3. The van der Waals surface area contributed by atoms with Crippen molar-refractivity contribution in [1.82, 2.24) is 15.1 Å². The van der Waals surface area contributed by atoms with Crippen molar-refractivity contribution in [3.63, 3.8) is 0 Å². The summed E-state index contributed by atoms with van der Waals surface area (Å²) in [5.41, 5.74) is 0. The molecule has 0 fully saturated rings. The van der Waals surface area contributed by atoms with Crippen molar-refractivity contribution in [1.29, 1.82) is 0 Å². The Bertz CT molecular complexity index is 511. The molecule has 7 heteroatoms. The first-order chi connectivity index (χ1) is 8.60. The van der Waals surface area contributed by atoms with Gasteiger partial charge in [0.2, 0.25) is 5.89 Å². The van der Waals surface area contributed by atoms with Gasteiger partial charge in [-0.25, -0.2) is 0 Å². The fraction of sp³-hybridized carbons (Fsp3) is 0.455. The molecule has 0 spiro atoms. The second-order valence-corrected chi connectivity index (χ2v) is 4.83. The average Bonchev–Trinajstić information content (AvgIpc) is 2.96. The van der Waals surface area contributed by atoms with Crippen LogP contribution >= 0.6 is 15.9 Å². The Labute approximate surface area is 113 Å². The van der Waals surface area contributed by atoms with Gasteiger partial charge in [0.1, 0.15) is 0 Å². The first-order valence-corrected chi connectivity index (χ1v) is 6.28. The molecule has 0 aliphatic heterocycles. The number of aromatic nitrogens is 2. The Morgan fingerprint density at radius 1 is 1.39 bits per heavy atom. The van der Waals surface area contributed by atoms with E-state index in [0.717, 1.165) is 0 Å². The number of nitrogens with zero attached hydrogens (tertiary/aromatic N) is 3. The van der Waals surface area contributed by atoms with Gasteiger partial charge in [-0.1, -0.05) is 0 Å². The number of aliphatic hydroxyl groups is 1. The molecule has 1 atom stereocenters. The summed E-state index contributed by atoms with van der Waals surface area (Å²) < 4.78 is 11.4. The maximum atomic E-state index is 9.04. The van der Waals surface area contributed by atoms with E-state index in [1.54, 1.807) is 12.1 Å². The van der Waals surface area contributed by atoms with Crippen molar-refractivity contribution < 1.29 is 13.9 Å². The van der Waals surface area contributed by atoms with Crippen molar-refractivity contribution in [2.75, 3.05) is 13.7 Å². The highest BCUT2D eigenvalue weighted by atomic mass is 79.9. The fourth-order valence-electron chi connectivity index (χ4n) is 1.35. The summed E-state index contributed by atoms with van der Waals surface area (Å²) in [6.45, 7) is 2.49. The van der Waals surface area contributed by atoms with Gasteiger partial charge >= 0.3 is 0 Å². The molecule has 98 valence electrons. The molecule has 2 aromatic rings. The lowest BCUT2D eigenvalue weighted by Gasteiger charge is -2.20. The van der Waals surface area contributed by atoms with E-state index in [0.29, 0.717) is 28.8 Å². The lowest BCUT2D eigenvalue weighted by molar-refractivity contribution is 0.145. The third kappa shape index (κ3) is 2.98. The SMILES string of the molecule is CC(CO)N(C)Cc1nnc(-c2ccc(Br)o2)o1. The minimum atomic E-state index is 0.0399. The Balaban J connectivity index is 2.07. The summed E-state index contributed by atoms with van der Waals surface area (Å²) in [6, 6.07) is 3.55. The Morgan fingerprint density at radius 3 is 2.78 bits per heavy atom. The van der Waals surface area contributed by atoms with Crippen LogP contribution in [0.4, 0.5) is 0 Å². The molecule has 2 aromatic heterocycles.